The van der Waals surface area contributed by atoms with Crippen molar-refractivity contribution in [2.24, 2.45) is 0 Å². The number of benzene rings is 3. The standard InChI is InChI=1S/C28H22O7/c1-33-26-23-21(19(29)15-13-17-9-5-3-6-10-17)28(32)35-25(23)22(24(31)27(26)34-2)20(30)16-14-18-11-7-4-8-12-18/h3-16,31-32H,1-2H3/b15-13+,16-14+. The molecule has 176 valence electrons. The molecule has 0 saturated heterocycles. The van der Waals surface area contributed by atoms with Crippen LogP contribution in [0.25, 0.3) is 23.1 Å². The maximum atomic E-state index is 13.1. The Kier molecular flexibility index (Phi) is 6.69. The lowest BCUT2D eigenvalue weighted by Gasteiger charge is -2.13. The molecule has 0 aliphatic heterocycles. The summed E-state index contributed by atoms with van der Waals surface area (Å²) in [5.74, 6) is -2.68. The topological polar surface area (TPSA) is 106 Å². The van der Waals surface area contributed by atoms with Gasteiger partial charge in [0.15, 0.2) is 28.6 Å². The first kappa shape index (κ1) is 23.4. The summed E-state index contributed by atoms with van der Waals surface area (Å²) in [6, 6.07) is 18.2. The fourth-order valence-electron chi connectivity index (χ4n) is 3.73. The van der Waals surface area contributed by atoms with Crippen LogP contribution < -0.4 is 9.47 Å². The van der Waals surface area contributed by atoms with Gasteiger partial charge in [0.25, 0.3) is 5.95 Å². The number of allylic oxidation sites excluding steroid dienone is 2. The van der Waals surface area contributed by atoms with E-state index in [1.54, 1.807) is 12.2 Å². The van der Waals surface area contributed by atoms with Gasteiger partial charge in [-0.25, -0.2) is 0 Å². The third-order valence-corrected chi connectivity index (χ3v) is 5.36. The number of furan rings is 1. The van der Waals surface area contributed by atoms with E-state index in [0.717, 1.165) is 11.1 Å². The predicted molar refractivity (Wildman–Crippen MR) is 132 cm³/mol. The molecule has 0 radical (unpaired) electrons. The molecular weight excluding hydrogens is 448 g/mol. The van der Waals surface area contributed by atoms with E-state index in [1.165, 1.54) is 26.4 Å². The van der Waals surface area contributed by atoms with Crippen LogP contribution in [0.2, 0.25) is 0 Å². The van der Waals surface area contributed by atoms with Crippen molar-refractivity contribution in [3.8, 4) is 23.2 Å². The zero-order valence-electron chi connectivity index (χ0n) is 19.0. The molecule has 7 heteroatoms. The molecule has 2 N–H and O–H groups in total. The smallest absolute Gasteiger partial charge is 0.294 e. The molecule has 0 amide bonds. The van der Waals surface area contributed by atoms with Crippen LogP contribution >= 0.6 is 0 Å². The molecule has 0 aliphatic carbocycles. The Morgan fingerprint density at radius 3 is 1.71 bits per heavy atom. The number of carbonyl (C=O) groups excluding carboxylic acids is 2. The SMILES string of the molecule is COc1c(O)c(C(=O)/C=C/c2ccccc2)c2oc(O)c(C(=O)/C=C/c3ccccc3)c2c1OC. The maximum absolute atomic E-state index is 13.1. The lowest BCUT2D eigenvalue weighted by molar-refractivity contribution is 0.103. The minimum absolute atomic E-state index is 0.0128. The summed E-state index contributed by atoms with van der Waals surface area (Å²) in [4.78, 5) is 26.2. The van der Waals surface area contributed by atoms with Gasteiger partial charge in [-0.2, -0.15) is 0 Å². The van der Waals surface area contributed by atoms with Gasteiger partial charge in [0, 0.05) is 0 Å². The Morgan fingerprint density at radius 1 is 0.743 bits per heavy atom. The Morgan fingerprint density at radius 2 is 1.23 bits per heavy atom. The van der Waals surface area contributed by atoms with Gasteiger partial charge in [-0.1, -0.05) is 72.8 Å². The van der Waals surface area contributed by atoms with E-state index in [-0.39, 0.29) is 33.6 Å². The van der Waals surface area contributed by atoms with Gasteiger partial charge in [0.1, 0.15) is 11.1 Å². The summed E-state index contributed by atoms with van der Waals surface area (Å²) in [7, 11) is 2.60. The first-order chi connectivity index (χ1) is 17.0. The normalized spacial score (nSPS) is 11.4. The average Bonchev–Trinajstić information content (AvgIpc) is 3.22. The first-order valence-corrected chi connectivity index (χ1v) is 10.6. The van der Waals surface area contributed by atoms with Crippen LogP contribution in [0.4, 0.5) is 0 Å². The number of fused-ring (bicyclic) bond motifs is 1. The van der Waals surface area contributed by atoms with Gasteiger partial charge in [0.2, 0.25) is 5.75 Å². The Hall–Kier alpha value is -4.78. The molecule has 0 bridgehead atoms. The second-order valence-electron chi connectivity index (χ2n) is 7.49. The van der Waals surface area contributed by atoms with Crippen LogP contribution in [0, 0.1) is 0 Å². The number of phenols is 1. The van der Waals surface area contributed by atoms with Gasteiger partial charge in [-0.15, -0.1) is 0 Å². The maximum Gasteiger partial charge on any atom is 0.294 e. The van der Waals surface area contributed by atoms with Crippen LogP contribution in [0.1, 0.15) is 31.8 Å². The van der Waals surface area contributed by atoms with Crippen molar-refractivity contribution < 1.29 is 33.7 Å². The molecule has 0 aliphatic rings. The number of carbonyl (C=O) groups is 2. The summed E-state index contributed by atoms with van der Waals surface area (Å²) in [6.45, 7) is 0. The fourth-order valence-corrected chi connectivity index (χ4v) is 3.73. The van der Waals surface area contributed by atoms with Gasteiger partial charge in [-0.05, 0) is 23.3 Å². The summed E-state index contributed by atoms with van der Waals surface area (Å²) in [6.07, 6.45) is 5.68. The number of methoxy groups -OCH3 is 2. The third kappa shape index (κ3) is 4.52. The van der Waals surface area contributed by atoms with Crippen LogP contribution in [-0.2, 0) is 0 Å². The zero-order valence-corrected chi connectivity index (χ0v) is 19.0. The lowest BCUT2D eigenvalue weighted by atomic mass is 9.99. The highest BCUT2D eigenvalue weighted by molar-refractivity contribution is 6.23. The summed E-state index contributed by atoms with van der Waals surface area (Å²) in [5.41, 5.74) is 0.852. The second-order valence-corrected chi connectivity index (χ2v) is 7.49. The molecule has 0 unspecified atom stereocenters. The number of ketones is 2. The summed E-state index contributed by atoms with van der Waals surface area (Å²) in [5, 5.41) is 21.4. The van der Waals surface area contributed by atoms with Crippen molar-refractivity contribution in [1.29, 1.82) is 0 Å². The van der Waals surface area contributed by atoms with Crippen molar-refractivity contribution in [3.05, 3.63) is 95.1 Å². The molecule has 7 nitrogen and oxygen atoms in total. The van der Waals surface area contributed by atoms with E-state index in [0.29, 0.717) is 0 Å². The largest absolute Gasteiger partial charge is 0.504 e. The average molecular weight is 470 g/mol. The number of hydrogen-bond donors (Lipinski definition) is 2. The van der Waals surface area contributed by atoms with Gasteiger partial charge in [0.05, 0.1) is 19.6 Å². The van der Waals surface area contributed by atoms with Crippen molar-refractivity contribution in [3.63, 3.8) is 0 Å². The fraction of sp³-hybridized carbons (Fsp3) is 0.0714. The molecule has 1 heterocycles. The number of ether oxygens (including phenoxy) is 2. The van der Waals surface area contributed by atoms with Gasteiger partial charge in [-0.3, -0.25) is 9.59 Å². The quantitative estimate of drug-likeness (QED) is 0.253. The van der Waals surface area contributed by atoms with Crippen LogP contribution in [0.5, 0.6) is 23.2 Å². The Labute approximate surface area is 201 Å². The van der Waals surface area contributed by atoms with Crippen LogP contribution in [0.3, 0.4) is 0 Å². The van der Waals surface area contributed by atoms with E-state index in [4.69, 9.17) is 13.9 Å². The zero-order chi connectivity index (χ0) is 24.9. The van der Waals surface area contributed by atoms with E-state index < -0.39 is 23.3 Å². The van der Waals surface area contributed by atoms with Crippen molar-refractivity contribution in [2.45, 2.75) is 0 Å². The molecule has 0 spiro atoms. The number of rotatable bonds is 8. The summed E-state index contributed by atoms with van der Waals surface area (Å²) < 4.78 is 16.1. The van der Waals surface area contributed by atoms with E-state index in [9.17, 15) is 19.8 Å². The monoisotopic (exact) mass is 470 g/mol. The number of aromatic hydroxyl groups is 2. The molecule has 1 aromatic heterocycles. The van der Waals surface area contributed by atoms with Gasteiger partial charge < -0.3 is 24.1 Å². The lowest BCUT2D eigenvalue weighted by Crippen LogP contribution is -2.02. The second kappa shape index (κ2) is 10.0. The van der Waals surface area contributed by atoms with E-state index in [1.807, 2.05) is 60.7 Å². The minimum Gasteiger partial charge on any atom is -0.504 e. The van der Waals surface area contributed by atoms with Crippen LogP contribution in [-0.4, -0.2) is 36.0 Å². The third-order valence-electron chi connectivity index (χ3n) is 5.36. The highest BCUT2D eigenvalue weighted by Gasteiger charge is 2.32. The molecular formula is C28H22O7. The number of hydrogen-bond acceptors (Lipinski definition) is 7. The molecule has 0 atom stereocenters. The Balaban J connectivity index is 1.88. The molecule has 4 aromatic rings. The molecule has 4 rings (SSSR count). The number of phenolic OH excluding ortho intramolecular Hbond substituents is 1. The molecule has 3 aromatic carbocycles. The van der Waals surface area contributed by atoms with Gasteiger partial charge >= 0.3 is 0 Å². The predicted octanol–water partition coefficient (Wildman–Crippen LogP) is 5.65. The van der Waals surface area contributed by atoms with Crippen LogP contribution in [0.15, 0.2) is 77.2 Å². The van der Waals surface area contributed by atoms with Crippen molar-refractivity contribution in [1.82, 2.24) is 0 Å². The van der Waals surface area contributed by atoms with Crippen molar-refractivity contribution in [2.75, 3.05) is 14.2 Å². The molecule has 35 heavy (non-hydrogen) atoms. The highest BCUT2D eigenvalue weighted by atomic mass is 16.5. The Bertz CT molecular complexity index is 1450. The van der Waals surface area contributed by atoms with E-state index >= 15 is 0 Å². The molecule has 0 fully saturated rings. The highest BCUT2D eigenvalue weighted by Crippen LogP contribution is 2.50. The van der Waals surface area contributed by atoms with E-state index in [2.05, 4.69) is 0 Å². The first-order valence-electron chi connectivity index (χ1n) is 10.6. The van der Waals surface area contributed by atoms with Crippen molar-refractivity contribution >= 4 is 34.7 Å². The minimum atomic E-state index is -0.713. The molecule has 0 saturated carbocycles. The summed E-state index contributed by atoms with van der Waals surface area (Å²) >= 11 is 0.